The molecule has 0 amide bonds. The fourth-order valence-electron chi connectivity index (χ4n) is 1.26. The Hall–Kier alpha value is -1.75. The van der Waals surface area contributed by atoms with Crippen LogP contribution in [0.3, 0.4) is 0 Å². The van der Waals surface area contributed by atoms with E-state index in [4.69, 9.17) is 5.11 Å². The molecular formula is C11H11F2NO2. The second-order valence-corrected chi connectivity index (χ2v) is 3.14. The number of nitrogens with one attached hydrogen (secondary N) is 1. The Kier molecular flexibility index (Phi) is 4.13. The fourth-order valence-corrected chi connectivity index (χ4v) is 1.26. The number of carboxylic acid groups (broad SMARTS) is 1. The molecule has 0 heterocycles. The Morgan fingerprint density at radius 2 is 2.12 bits per heavy atom. The van der Waals surface area contributed by atoms with Crippen LogP contribution in [-0.4, -0.2) is 18.1 Å². The molecule has 86 valence electrons. The summed E-state index contributed by atoms with van der Waals surface area (Å²) in [4.78, 5) is 10.3. The van der Waals surface area contributed by atoms with E-state index in [0.29, 0.717) is 5.56 Å². The van der Waals surface area contributed by atoms with Gasteiger partial charge in [0, 0.05) is 6.08 Å². The van der Waals surface area contributed by atoms with Crippen molar-refractivity contribution in [2.75, 3.05) is 7.05 Å². The van der Waals surface area contributed by atoms with E-state index in [9.17, 15) is 13.6 Å². The van der Waals surface area contributed by atoms with Gasteiger partial charge in [0.25, 0.3) is 0 Å². The van der Waals surface area contributed by atoms with E-state index >= 15 is 0 Å². The first-order chi connectivity index (χ1) is 7.54. The van der Waals surface area contributed by atoms with E-state index in [1.165, 1.54) is 12.1 Å². The predicted molar refractivity (Wildman–Crippen MR) is 54.9 cm³/mol. The van der Waals surface area contributed by atoms with Crippen LogP contribution < -0.4 is 5.32 Å². The van der Waals surface area contributed by atoms with Gasteiger partial charge in [0.05, 0.1) is 6.04 Å². The second-order valence-electron chi connectivity index (χ2n) is 3.14. The van der Waals surface area contributed by atoms with E-state index in [1.807, 2.05) is 0 Å². The highest BCUT2D eigenvalue weighted by Crippen LogP contribution is 2.17. The molecule has 1 unspecified atom stereocenters. The standard InChI is InChI=1S/C11H11F2NO2/c1-14-10(4-5-11(15)16)7-2-3-8(12)9(13)6-7/h2-6,10,14H,1H3,(H,15,16)/b5-4+. The van der Waals surface area contributed by atoms with Crippen molar-refractivity contribution in [2.45, 2.75) is 6.04 Å². The van der Waals surface area contributed by atoms with Crippen molar-refractivity contribution in [3.05, 3.63) is 47.5 Å². The number of carbonyl (C=O) groups is 1. The van der Waals surface area contributed by atoms with E-state index in [0.717, 1.165) is 18.2 Å². The minimum Gasteiger partial charge on any atom is -0.478 e. The lowest BCUT2D eigenvalue weighted by atomic mass is 10.1. The van der Waals surface area contributed by atoms with Gasteiger partial charge in [-0.05, 0) is 24.7 Å². The maximum absolute atomic E-state index is 12.9. The Bertz CT molecular complexity index is 418. The molecule has 0 aliphatic rings. The minimum atomic E-state index is -1.09. The van der Waals surface area contributed by atoms with Crippen LogP contribution in [0.4, 0.5) is 8.78 Å². The lowest BCUT2D eigenvalue weighted by molar-refractivity contribution is -0.131. The van der Waals surface area contributed by atoms with Gasteiger partial charge in [0.2, 0.25) is 0 Å². The molecule has 0 spiro atoms. The summed E-state index contributed by atoms with van der Waals surface area (Å²) in [6, 6.07) is 2.96. The van der Waals surface area contributed by atoms with Crippen LogP contribution in [0.5, 0.6) is 0 Å². The third kappa shape index (κ3) is 3.13. The van der Waals surface area contributed by atoms with E-state index < -0.39 is 23.6 Å². The van der Waals surface area contributed by atoms with Crippen LogP contribution in [-0.2, 0) is 4.79 Å². The van der Waals surface area contributed by atoms with Crippen molar-refractivity contribution in [3.63, 3.8) is 0 Å². The number of aliphatic carboxylic acids is 1. The van der Waals surface area contributed by atoms with Gasteiger partial charge in [0.15, 0.2) is 11.6 Å². The largest absolute Gasteiger partial charge is 0.478 e. The normalized spacial score (nSPS) is 12.9. The summed E-state index contributed by atoms with van der Waals surface area (Å²) in [5.74, 6) is -2.98. The van der Waals surface area contributed by atoms with Crippen LogP contribution in [0.25, 0.3) is 0 Å². The zero-order chi connectivity index (χ0) is 12.1. The Morgan fingerprint density at radius 3 is 2.62 bits per heavy atom. The third-order valence-corrected chi connectivity index (χ3v) is 2.05. The van der Waals surface area contributed by atoms with Crippen molar-refractivity contribution >= 4 is 5.97 Å². The van der Waals surface area contributed by atoms with Crippen molar-refractivity contribution in [2.24, 2.45) is 0 Å². The number of carboxylic acids is 1. The molecule has 0 bridgehead atoms. The smallest absolute Gasteiger partial charge is 0.328 e. The highest BCUT2D eigenvalue weighted by molar-refractivity contribution is 5.79. The summed E-state index contributed by atoms with van der Waals surface area (Å²) in [5, 5.41) is 11.2. The summed E-state index contributed by atoms with van der Waals surface area (Å²) < 4.78 is 25.6. The monoisotopic (exact) mass is 227 g/mol. The zero-order valence-corrected chi connectivity index (χ0v) is 8.58. The van der Waals surface area contributed by atoms with Gasteiger partial charge in [-0.2, -0.15) is 0 Å². The number of rotatable bonds is 4. The lowest BCUT2D eigenvalue weighted by Crippen LogP contribution is -2.14. The number of halogens is 2. The summed E-state index contributed by atoms with van der Waals surface area (Å²) in [6.07, 6.45) is 2.30. The predicted octanol–water partition coefficient (Wildman–Crippen LogP) is 1.87. The zero-order valence-electron chi connectivity index (χ0n) is 8.58. The van der Waals surface area contributed by atoms with Gasteiger partial charge >= 0.3 is 5.97 Å². The van der Waals surface area contributed by atoms with Crippen LogP contribution in [0.15, 0.2) is 30.4 Å². The topological polar surface area (TPSA) is 49.3 Å². The van der Waals surface area contributed by atoms with Crippen LogP contribution in [0, 0.1) is 11.6 Å². The maximum Gasteiger partial charge on any atom is 0.328 e. The van der Waals surface area contributed by atoms with Crippen molar-refractivity contribution in [1.29, 1.82) is 0 Å². The molecule has 2 N–H and O–H groups in total. The average Bonchev–Trinajstić information content (AvgIpc) is 2.23. The fraction of sp³-hybridized carbons (Fsp3) is 0.182. The van der Waals surface area contributed by atoms with Gasteiger partial charge in [0.1, 0.15) is 0 Å². The maximum atomic E-state index is 12.9. The molecule has 1 aromatic rings. The number of hydrogen-bond acceptors (Lipinski definition) is 2. The van der Waals surface area contributed by atoms with Gasteiger partial charge in [-0.1, -0.05) is 12.1 Å². The molecule has 5 heteroatoms. The van der Waals surface area contributed by atoms with Crippen molar-refractivity contribution in [1.82, 2.24) is 5.32 Å². The quantitative estimate of drug-likeness (QED) is 0.772. The molecule has 0 aliphatic heterocycles. The van der Waals surface area contributed by atoms with Crippen molar-refractivity contribution < 1.29 is 18.7 Å². The summed E-state index contributed by atoms with van der Waals surface area (Å²) in [7, 11) is 1.60. The highest BCUT2D eigenvalue weighted by Gasteiger charge is 2.09. The first-order valence-corrected chi connectivity index (χ1v) is 4.58. The SMILES string of the molecule is CNC(/C=C/C(=O)O)c1ccc(F)c(F)c1. The molecule has 1 rings (SSSR count). The molecule has 0 radical (unpaired) electrons. The number of likely N-dealkylation sites (N-methyl/N-ethyl adjacent to an activating group) is 1. The number of hydrogen-bond donors (Lipinski definition) is 2. The summed E-state index contributed by atoms with van der Waals surface area (Å²) >= 11 is 0. The molecule has 3 nitrogen and oxygen atoms in total. The summed E-state index contributed by atoms with van der Waals surface area (Å²) in [5.41, 5.74) is 0.457. The molecule has 0 saturated carbocycles. The van der Waals surface area contributed by atoms with E-state index in [-0.39, 0.29) is 0 Å². The first kappa shape index (κ1) is 12.3. The Labute approximate surface area is 91.4 Å². The molecular weight excluding hydrogens is 216 g/mol. The highest BCUT2D eigenvalue weighted by atomic mass is 19.2. The average molecular weight is 227 g/mol. The minimum absolute atomic E-state index is 0.457. The van der Waals surface area contributed by atoms with Gasteiger partial charge in [-0.25, -0.2) is 13.6 Å². The van der Waals surface area contributed by atoms with Crippen LogP contribution in [0.2, 0.25) is 0 Å². The molecule has 16 heavy (non-hydrogen) atoms. The van der Waals surface area contributed by atoms with Crippen LogP contribution in [0.1, 0.15) is 11.6 Å². The van der Waals surface area contributed by atoms with Gasteiger partial charge < -0.3 is 10.4 Å². The van der Waals surface area contributed by atoms with E-state index in [2.05, 4.69) is 5.32 Å². The molecule has 1 aromatic carbocycles. The van der Waals surface area contributed by atoms with Crippen LogP contribution >= 0.6 is 0 Å². The Balaban J connectivity index is 2.95. The third-order valence-electron chi connectivity index (χ3n) is 2.05. The van der Waals surface area contributed by atoms with E-state index in [1.54, 1.807) is 7.05 Å². The van der Waals surface area contributed by atoms with Gasteiger partial charge in [-0.3, -0.25) is 0 Å². The molecule has 0 saturated heterocycles. The lowest BCUT2D eigenvalue weighted by Gasteiger charge is -2.11. The molecule has 1 atom stereocenters. The molecule has 0 aromatic heterocycles. The molecule has 0 aliphatic carbocycles. The van der Waals surface area contributed by atoms with Gasteiger partial charge in [-0.15, -0.1) is 0 Å². The second kappa shape index (κ2) is 5.37. The number of benzene rings is 1. The van der Waals surface area contributed by atoms with Crippen molar-refractivity contribution in [3.8, 4) is 0 Å². The summed E-state index contributed by atoms with van der Waals surface area (Å²) in [6.45, 7) is 0. The Morgan fingerprint density at radius 1 is 1.44 bits per heavy atom. The molecule has 0 fully saturated rings. The first-order valence-electron chi connectivity index (χ1n) is 4.58.